The first-order chi connectivity index (χ1) is 13.0. The second-order valence-corrected chi connectivity index (χ2v) is 6.39. The quantitative estimate of drug-likeness (QED) is 0.696. The maximum Gasteiger partial charge on any atom is 0.262 e. The highest BCUT2D eigenvalue weighted by Crippen LogP contribution is 2.22. The summed E-state index contributed by atoms with van der Waals surface area (Å²) < 4.78 is 5.50. The van der Waals surface area contributed by atoms with Crippen molar-refractivity contribution in [2.24, 2.45) is 0 Å². The summed E-state index contributed by atoms with van der Waals surface area (Å²) in [5.41, 5.74) is 1.69. The van der Waals surface area contributed by atoms with Crippen LogP contribution in [0.25, 0.3) is 0 Å². The molecule has 0 saturated heterocycles. The van der Waals surface area contributed by atoms with Crippen LogP contribution in [-0.4, -0.2) is 22.4 Å². The fourth-order valence-electron chi connectivity index (χ4n) is 2.99. The molecule has 2 heterocycles. The smallest absolute Gasteiger partial charge is 0.262 e. The third-order valence-corrected chi connectivity index (χ3v) is 4.40. The standard InChI is InChI=1S/C21H24N4O2/c1-5-25(20(26)18-13-14(2)27-16(18)4)19-11-12-22-21(24-19)23-15(3)17-9-7-6-8-10-17/h6-13,15H,5H2,1-4H3,(H,22,23,24)/t15-/m1/s1. The summed E-state index contributed by atoms with van der Waals surface area (Å²) in [6, 6.07) is 13.6. The zero-order valence-corrected chi connectivity index (χ0v) is 16.1. The van der Waals surface area contributed by atoms with Gasteiger partial charge in [0, 0.05) is 12.7 Å². The van der Waals surface area contributed by atoms with E-state index in [-0.39, 0.29) is 11.9 Å². The van der Waals surface area contributed by atoms with Gasteiger partial charge in [0.05, 0.1) is 11.6 Å². The summed E-state index contributed by atoms with van der Waals surface area (Å²) >= 11 is 0. The molecule has 0 aliphatic rings. The number of aryl methyl sites for hydroxylation is 2. The topological polar surface area (TPSA) is 71.3 Å². The van der Waals surface area contributed by atoms with Crippen molar-refractivity contribution in [1.29, 1.82) is 0 Å². The van der Waals surface area contributed by atoms with Gasteiger partial charge in [-0.05, 0) is 45.4 Å². The van der Waals surface area contributed by atoms with E-state index < -0.39 is 0 Å². The van der Waals surface area contributed by atoms with Crippen LogP contribution in [0.5, 0.6) is 0 Å². The number of amides is 1. The Morgan fingerprint density at radius 1 is 1.22 bits per heavy atom. The van der Waals surface area contributed by atoms with Gasteiger partial charge in [-0.2, -0.15) is 4.98 Å². The fraction of sp³-hybridized carbons (Fsp3) is 0.286. The van der Waals surface area contributed by atoms with E-state index in [9.17, 15) is 4.79 Å². The molecule has 3 rings (SSSR count). The second-order valence-electron chi connectivity index (χ2n) is 6.39. The highest BCUT2D eigenvalue weighted by Gasteiger charge is 2.22. The van der Waals surface area contributed by atoms with E-state index in [1.165, 1.54) is 0 Å². The maximum atomic E-state index is 13.0. The zero-order valence-electron chi connectivity index (χ0n) is 16.1. The molecule has 0 spiro atoms. The van der Waals surface area contributed by atoms with Gasteiger partial charge in [0.1, 0.15) is 17.3 Å². The van der Waals surface area contributed by atoms with E-state index in [0.717, 1.165) is 5.56 Å². The molecule has 3 aromatic rings. The lowest BCUT2D eigenvalue weighted by molar-refractivity contribution is 0.0986. The molecule has 6 heteroatoms. The lowest BCUT2D eigenvalue weighted by Crippen LogP contribution is -2.31. The van der Waals surface area contributed by atoms with Crippen molar-refractivity contribution in [2.75, 3.05) is 16.8 Å². The number of hydrogen-bond donors (Lipinski definition) is 1. The Bertz CT molecular complexity index is 921. The molecular formula is C21H24N4O2. The van der Waals surface area contributed by atoms with E-state index in [1.54, 1.807) is 30.2 Å². The van der Waals surface area contributed by atoms with Crippen LogP contribution < -0.4 is 10.2 Å². The summed E-state index contributed by atoms with van der Waals surface area (Å²) in [5.74, 6) is 2.23. The van der Waals surface area contributed by atoms with Crippen molar-refractivity contribution in [2.45, 2.75) is 33.7 Å². The molecule has 6 nitrogen and oxygen atoms in total. The van der Waals surface area contributed by atoms with Crippen LogP contribution >= 0.6 is 0 Å². The Morgan fingerprint density at radius 3 is 2.59 bits per heavy atom. The van der Waals surface area contributed by atoms with E-state index >= 15 is 0 Å². The van der Waals surface area contributed by atoms with Crippen molar-refractivity contribution in [1.82, 2.24) is 9.97 Å². The summed E-state index contributed by atoms with van der Waals surface area (Å²) in [4.78, 5) is 23.4. The molecule has 140 valence electrons. The molecule has 0 bridgehead atoms. The number of carbonyl (C=O) groups excluding carboxylic acids is 1. The summed E-state index contributed by atoms with van der Waals surface area (Å²) in [7, 11) is 0. The van der Waals surface area contributed by atoms with Gasteiger partial charge in [-0.3, -0.25) is 9.69 Å². The van der Waals surface area contributed by atoms with E-state index in [2.05, 4.69) is 15.3 Å². The van der Waals surface area contributed by atoms with Crippen LogP contribution in [0, 0.1) is 13.8 Å². The van der Waals surface area contributed by atoms with Gasteiger partial charge in [-0.1, -0.05) is 30.3 Å². The molecule has 1 atom stereocenters. The van der Waals surface area contributed by atoms with Crippen molar-refractivity contribution in [3.05, 3.63) is 71.3 Å². The highest BCUT2D eigenvalue weighted by atomic mass is 16.3. The summed E-state index contributed by atoms with van der Waals surface area (Å²) in [6.07, 6.45) is 1.66. The third kappa shape index (κ3) is 4.16. The van der Waals surface area contributed by atoms with Crippen LogP contribution in [0.1, 0.15) is 47.3 Å². The molecule has 0 unspecified atom stereocenters. The van der Waals surface area contributed by atoms with E-state index in [0.29, 0.717) is 35.4 Å². The maximum absolute atomic E-state index is 13.0. The molecule has 1 aromatic carbocycles. The minimum absolute atomic E-state index is 0.0472. The number of anilines is 2. The van der Waals surface area contributed by atoms with Crippen molar-refractivity contribution < 1.29 is 9.21 Å². The molecule has 0 fully saturated rings. The zero-order chi connectivity index (χ0) is 19.4. The van der Waals surface area contributed by atoms with Gasteiger partial charge in [0.2, 0.25) is 5.95 Å². The van der Waals surface area contributed by atoms with Crippen LogP contribution in [0.3, 0.4) is 0 Å². The molecule has 0 saturated carbocycles. The van der Waals surface area contributed by atoms with Gasteiger partial charge in [0.15, 0.2) is 0 Å². The number of hydrogen-bond acceptors (Lipinski definition) is 5. The predicted molar refractivity (Wildman–Crippen MR) is 106 cm³/mol. The van der Waals surface area contributed by atoms with Crippen LogP contribution in [-0.2, 0) is 0 Å². The number of aromatic nitrogens is 2. The first kappa shape index (κ1) is 18.6. The fourth-order valence-corrected chi connectivity index (χ4v) is 2.99. The van der Waals surface area contributed by atoms with Crippen LogP contribution in [0.2, 0.25) is 0 Å². The Morgan fingerprint density at radius 2 is 1.96 bits per heavy atom. The van der Waals surface area contributed by atoms with E-state index in [1.807, 2.05) is 51.1 Å². The first-order valence-electron chi connectivity index (χ1n) is 9.03. The Labute approximate surface area is 159 Å². The van der Waals surface area contributed by atoms with Crippen molar-refractivity contribution >= 4 is 17.7 Å². The van der Waals surface area contributed by atoms with Gasteiger partial charge in [0.25, 0.3) is 5.91 Å². The van der Waals surface area contributed by atoms with Crippen molar-refractivity contribution in [3.63, 3.8) is 0 Å². The van der Waals surface area contributed by atoms with Gasteiger partial charge in [-0.15, -0.1) is 0 Å². The lowest BCUT2D eigenvalue weighted by atomic mass is 10.1. The molecule has 2 aromatic heterocycles. The average molecular weight is 364 g/mol. The van der Waals surface area contributed by atoms with Gasteiger partial charge in [-0.25, -0.2) is 4.98 Å². The van der Waals surface area contributed by atoms with Gasteiger partial charge >= 0.3 is 0 Å². The summed E-state index contributed by atoms with van der Waals surface area (Å²) in [6.45, 7) is 8.08. The number of nitrogens with zero attached hydrogens (tertiary/aromatic N) is 3. The number of rotatable bonds is 6. The lowest BCUT2D eigenvalue weighted by Gasteiger charge is -2.21. The van der Waals surface area contributed by atoms with Gasteiger partial charge < -0.3 is 9.73 Å². The Balaban J connectivity index is 1.82. The largest absolute Gasteiger partial charge is 0.466 e. The Kier molecular flexibility index (Phi) is 5.54. The highest BCUT2D eigenvalue weighted by molar-refractivity contribution is 6.06. The molecule has 1 N–H and O–H groups in total. The van der Waals surface area contributed by atoms with E-state index in [4.69, 9.17) is 4.42 Å². The summed E-state index contributed by atoms with van der Waals surface area (Å²) in [5, 5.41) is 3.29. The molecule has 0 aliphatic heterocycles. The third-order valence-electron chi connectivity index (χ3n) is 4.40. The van der Waals surface area contributed by atoms with Crippen LogP contribution in [0.4, 0.5) is 11.8 Å². The number of benzene rings is 1. The number of furan rings is 1. The normalized spacial score (nSPS) is 11.9. The number of nitrogens with one attached hydrogen (secondary N) is 1. The SMILES string of the molecule is CCN(C(=O)c1cc(C)oc1C)c1ccnc(N[C@H](C)c2ccccc2)n1. The molecular weight excluding hydrogens is 340 g/mol. The molecule has 0 aliphatic carbocycles. The number of carbonyl (C=O) groups is 1. The monoisotopic (exact) mass is 364 g/mol. The van der Waals surface area contributed by atoms with Crippen molar-refractivity contribution in [3.8, 4) is 0 Å². The predicted octanol–water partition coefficient (Wildman–Crippen LogP) is 4.53. The molecule has 27 heavy (non-hydrogen) atoms. The first-order valence-corrected chi connectivity index (χ1v) is 9.03. The minimum Gasteiger partial charge on any atom is -0.466 e. The molecule has 0 radical (unpaired) electrons. The van der Waals surface area contributed by atoms with Crippen LogP contribution in [0.15, 0.2) is 53.1 Å². The Hall–Kier alpha value is -3.15. The minimum atomic E-state index is -0.132. The molecule has 1 amide bonds. The second kappa shape index (κ2) is 8.03. The average Bonchev–Trinajstić information content (AvgIpc) is 3.01.